The topological polar surface area (TPSA) is 18.5 Å². The van der Waals surface area contributed by atoms with Crippen molar-refractivity contribution in [3.8, 4) is 0 Å². The zero-order valence-electron chi connectivity index (χ0n) is 6.90. The maximum absolute atomic E-state index is 5.50. The molecule has 0 aromatic rings. The summed E-state index contributed by atoms with van der Waals surface area (Å²) in [5.74, 6) is 0.960. The second kappa shape index (κ2) is 3.59. The van der Waals surface area contributed by atoms with Crippen LogP contribution < -0.4 is 0 Å². The van der Waals surface area contributed by atoms with Crippen LogP contribution in [0.3, 0.4) is 0 Å². The van der Waals surface area contributed by atoms with Crippen molar-refractivity contribution in [2.24, 2.45) is 0 Å². The fourth-order valence-electron chi connectivity index (χ4n) is 1.34. The third-order valence-corrected chi connectivity index (χ3v) is 1.97. The van der Waals surface area contributed by atoms with E-state index in [0.717, 1.165) is 12.2 Å². The molecule has 2 heterocycles. The minimum absolute atomic E-state index is 0.139. The summed E-state index contributed by atoms with van der Waals surface area (Å²) in [7, 11) is 0. The van der Waals surface area contributed by atoms with Gasteiger partial charge in [-0.05, 0) is 18.6 Å². The predicted octanol–water partition coefficient (Wildman–Crippen LogP) is 1.80. The second-order valence-electron chi connectivity index (χ2n) is 2.84. The van der Waals surface area contributed by atoms with Crippen LogP contribution in [-0.2, 0) is 9.47 Å². The molecule has 2 aliphatic rings. The van der Waals surface area contributed by atoms with Gasteiger partial charge in [0.1, 0.15) is 18.5 Å². The molecule has 0 fully saturated rings. The van der Waals surface area contributed by atoms with E-state index in [1.54, 1.807) is 0 Å². The Labute approximate surface area is 72.2 Å². The van der Waals surface area contributed by atoms with Crippen molar-refractivity contribution >= 4 is 0 Å². The molecule has 0 N–H and O–H groups in total. The number of rotatable bonds is 1. The van der Waals surface area contributed by atoms with E-state index in [4.69, 9.17) is 9.47 Å². The van der Waals surface area contributed by atoms with E-state index in [-0.39, 0.29) is 6.10 Å². The van der Waals surface area contributed by atoms with Gasteiger partial charge in [-0.1, -0.05) is 18.2 Å². The summed E-state index contributed by atoms with van der Waals surface area (Å²) < 4.78 is 10.9. The Kier molecular flexibility index (Phi) is 2.28. The number of hydrogen-bond acceptors (Lipinski definition) is 2. The van der Waals surface area contributed by atoms with Crippen LogP contribution in [-0.4, -0.2) is 19.3 Å². The molecule has 0 radical (unpaired) electrons. The zero-order chi connectivity index (χ0) is 8.23. The Morgan fingerprint density at radius 2 is 2.17 bits per heavy atom. The maximum atomic E-state index is 5.50. The van der Waals surface area contributed by atoms with Crippen molar-refractivity contribution in [1.82, 2.24) is 0 Å². The van der Waals surface area contributed by atoms with E-state index in [0.29, 0.717) is 13.2 Å². The molecule has 2 rings (SSSR count). The monoisotopic (exact) mass is 164 g/mol. The van der Waals surface area contributed by atoms with Gasteiger partial charge < -0.3 is 9.47 Å². The first-order valence-corrected chi connectivity index (χ1v) is 4.23. The highest BCUT2D eigenvalue weighted by molar-refractivity contribution is 5.16. The van der Waals surface area contributed by atoms with Gasteiger partial charge in [-0.25, -0.2) is 0 Å². The van der Waals surface area contributed by atoms with Crippen molar-refractivity contribution in [1.29, 1.82) is 0 Å². The summed E-state index contributed by atoms with van der Waals surface area (Å²) in [4.78, 5) is 0. The lowest BCUT2D eigenvalue weighted by atomic mass is 10.1. The average molecular weight is 164 g/mol. The van der Waals surface area contributed by atoms with Gasteiger partial charge in [-0.3, -0.25) is 0 Å². The highest BCUT2D eigenvalue weighted by Gasteiger charge is 2.17. The minimum Gasteiger partial charge on any atom is -0.491 e. The minimum atomic E-state index is 0.139. The first-order valence-electron chi connectivity index (χ1n) is 4.23. The van der Waals surface area contributed by atoms with Crippen molar-refractivity contribution in [2.45, 2.75) is 12.5 Å². The molecular weight excluding hydrogens is 152 g/mol. The van der Waals surface area contributed by atoms with Crippen LogP contribution in [0.1, 0.15) is 6.42 Å². The number of allylic oxidation sites excluding steroid dienone is 2. The van der Waals surface area contributed by atoms with Gasteiger partial charge in [0, 0.05) is 0 Å². The Bertz CT molecular complexity index is 238. The molecule has 0 saturated carbocycles. The van der Waals surface area contributed by atoms with Crippen molar-refractivity contribution in [3.05, 3.63) is 36.1 Å². The van der Waals surface area contributed by atoms with Crippen molar-refractivity contribution in [3.63, 3.8) is 0 Å². The maximum Gasteiger partial charge on any atom is 0.126 e. The molecule has 12 heavy (non-hydrogen) atoms. The summed E-state index contributed by atoms with van der Waals surface area (Å²) >= 11 is 0. The number of ether oxygens (including phenoxy) is 2. The fourth-order valence-corrected chi connectivity index (χ4v) is 1.34. The molecule has 0 aromatic heterocycles. The molecule has 64 valence electrons. The largest absolute Gasteiger partial charge is 0.491 e. The lowest BCUT2D eigenvalue weighted by Gasteiger charge is -2.22. The standard InChI is InChI=1S/C10H12O2/c1-3-7-11-9(5-1)10-6-2-4-8-12-10/h1-5,10H,6-8H2. The van der Waals surface area contributed by atoms with E-state index in [1.165, 1.54) is 0 Å². The third kappa shape index (κ3) is 1.59. The van der Waals surface area contributed by atoms with E-state index in [2.05, 4.69) is 6.08 Å². The quantitative estimate of drug-likeness (QED) is 0.550. The highest BCUT2D eigenvalue weighted by atomic mass is 16.5. The van der Waals surface area contributed by atoms with Crippen molar-refractivity contribution in [2.75, 3.05) is 13.2 Å². The Hall–Kier alpha value is -1.02. The van der Waals surface area contributed by atoms with Gasteiger partial charge in [0.05, 0.1) is 6.61 Å². The molecule has 2 nitrogen and oxygen atoms in total. The van der Waals surface area contributed by atoms with E-state index in [1.807, 2.05) is 24.3 Å². The molecule has 0 saturated heterocycles. The second-order valence-corrected chi connectivity index (χ2v) is 2.84. The molecule has 1 atom stereocenters. The Morgan fingerprint density at radius 3 is 2.83 bits per heavy atom. The molecular formula is C10H12O2. The van der Waals surface area contributed by atoms with Crippen LogP contribution in [0.5, 0.6) is 0 Å². The zero-order valence-corrected chi connectivity index (χ0v) is 6.90. The molecule has 0 bridgehead atoms. The van der Waals surface area contributed by atoms with Gasteiger partial charge in [-0.15, -0.1) is 0 Å². The summed E-state index contributed by atoms with van der Waals surface area (Å²) in [6, 6.07) is 0. The highest BCUT2D eigenvalue weighted by Crippen LogP contribution is 2.18. The summed E-state index contributed by atoms with van der Waals surface area (Å²) in [6.45, 7) is 1.38. The average Bonchev–Trinajstić information content (AvgIpc) is 2.21. The molecule has 0 aromatic carbocycles. The Balaban J connectivity index is 2.03. The van der Waals surface area contributed by atoms with E-state index < -0.39 is 0 Å². The number of hydrogen-bond donors (Lipinski definition) is 0. The van der Waals surface area contributed by atoms with Crippen LogP contribution in [0.15, 0.2) is 36.1 Å². The third-order valence-electron chi connectivity index (χ3n) is 1.97. The van der Waals surface area contributed by atoms with Crippen LogP contribution in [0, 0.1) is 0 Å². The van der Waals surface area contributed by atoms with Crippen LogP contribution in [0.25, 0.3) is 0 Å². The summed E-state index contributed by atoms with van der Waals surface area (Å²) in [5.41, 5.74) is 0. The molecule has 0 amide bonds. The van der Waals surface area contributed by atoms with E-state index >= 15 is 0 Å². The predicted molar refractivity (Wildman–Crippen MR) is 46.7 cm³/mol. The fraction of sp³-hybridized carbons (Fsp3) is 0.400. The summed E-state index contributed by atoms with van der Waals surface area (Å²) in [5, 5.41) is 0. The SMILES string of the molecule is C1=CCOC(C2CC=CCO2)=C1. The van der Waals surface area contributed by atoms with Crippen LogP contribution in [0.4, 0.5) is 0 Å². The molecule has 2 heteroatoms. The van der Waals surface area contributed by atoms with Crippen molar-refractivity contribution < 1.29 is 9.47 Å². The first-order chi connectivity index (χ1) is 5.97. The molecule has 0 spiro atoms. The van der Waals surface area contributed by atoms with Crippen LogP contribution in [0.2, 0.25) is 0 Å². The lowest BCUT2D eigenvalue weighted by Crippen LogP contribution is -2.21. The lowest BCUT2D eigenvalue weighted by molar-refractivity contribution is 0.0442. The van der Waals surface area contributed by atoms with Crippen LogP contribution >= 0.6 is 0 Å². The smallest absolute Gasteiger partial charge is 0.126 e. The van der Waals surface area contributed by atoms with E-state index in [9.17, 15) is 0 Å². The first kappa shape index (κ1) is 7.62. The molecule has 0 aliphatic carbocycles. The molecule has 1 unspecified atom stereocenters. The van der Waals surface area contributed by atoms with Gasteiger partial charge in [-0.2, -0.15) is 0 Å². The summed E-state index contributed by atoms with van der Waals surface area (Å²) in [6.07, 6.45) is 11.2. The Morgan fingerprint density at radius 1 is 1.17 bits per heavy atom. The van der Waals surface area contributed by atoms with Gasteiger partial charge in [0.2, 0.25) is 0 Å². The van der Waals surface area contributed by atoms with Gasteiger partial charge >= 0.3 is 0 Å². The normalized spacial score (nSPS) is 28.0. The van der Waals surface area contributed by atoms with Gasteiger partial charge in [0.25, 0.3) is 0 Å². The molecule has 2 aliphatic heterocycles. The van der Waals surface area contributed by atoms with Gasteiger partial charge in [0.15, 0.2) is 0 Å².